The molecule has 0 fully saturated rings. The van der Waals surface area contributed by atoms with Gasteiger partial charge in [0, 0.05) is 5.69 Å². The monoisotopic (exact) mass is 297 g/mol. The summed E-state index contributed by atoms with van der Waals surface area (Å²) in [6.07, 6.45) is 1.40. The van der Waals surface area contributed by atoms with Gasteiger partial charge in [-0.05, 0) is 46.6 Å². The molecule has 2 rings (SSSR count). The molecule has 5 heteroatoms. The number of anilines is 1. The van der Waals surface area contributed by atoms with Gasteiger partial charge in [0.2, 0.25) is 0 Å². The lowest BCUT2D eigenvalue weighted by atomic mass is 10.2. The minimum atomic E-state index is -0.392. The predicted octanol–water partition coefficient (Wildman–Crippen LogP) is 3.74. The summed E-state index contributed by atoms with van der Waals surface area (Å²) in [6.45, 7) is 1.79. The summed E-state index contributed by atoms with van der Waals surface area (Å²) < 4.78 is 18.4. The molecule has 1 N–H and O–H groups in total. The Balaban J connectivity index is 2.24. The first-order chi connectivity index (χ1) is 8.08. The summed E-state index contributed by atoms with van der Waals surface area (Å²) in [5, 5.41) is 2.63. The second-order valence-corrected chi connectivity index (χ2v) is 4.24. The first-order valence-corrected chi connectivity index (χ1v) is 5.67. The van der Waals surface area contributed by atoms with E-state index in [1.165, 1.54) is 24.5 Å². The van der Waals surface area contributed by atoms with Gasteiger partial charge in [0.05, 0.1) is 11.8 Å². The number of halogens is 2. The maximum atomic E-state index is 13.0. The molecule has 0 aliphatic rings. The van der Waals surface area contributed by atoms with E-state index in [4.69, 9.17) is 4.42 Å². The van der Waals surface area contributed by atoms with E-state index in [-0.39, 0.29) is 5.91 Å². The highest BCUT2D eigenvalue weighted by molar-refractivity contribution is 9.10. The van der Waals surface area contributed by atoms with Gasteiger partial charge in [-0.25, -0.2) is 4.39 Å². The molecule has 0 unspecified atom stereocenters. The Kier molecular flexibility index (Phi) is 3.28. The number of hydrogen-bond acceptors (Lipinski definition) is 2. The van der Waals surface area contributed by atoms with Crippen LogP contribution in [0, 0.1) is 12.7 Å². The average molecular weight is 298 g/mol. The number of carbonyl (C=O) groups excluding carboxylic acids is 1. The zero-order valence-corrected chi connectivity index (χ0v) is 10.5. The number of hydrogen-bond donors (Lipinski definition) is 1. The Morgan fingerprint density at radius 3 is 2.82 bits per heavy atom. The molecule has 0 aliphatic carbocycles. The third kappa shape index (κ3) is 2.55. The number of benzene rings is 1. The van der Waals surface area contributed by atoms with Gasteiger partial charge in [-0.2, -0.15) is 0 Å². The van der Waals surface area contributed by atoms with Gasteiger partial charge < -0.3 is 9.73 Å². The third-order valence-electron chi connectivity index (χ3n) is 2.31. The van der Waals surface area contributed by atoms with Crippen molar-refractivity contribution in [2.75, 3.05) is 5.32 Å². The molecular weight excluding hydrogens is 289 g/mol. The van der Waals surface area contributed by atoms with Crippen molar-refractivity contribution in [2.24, 2.45) is 0 Å². The molecule has 0 spiro atoms. The van der Waals surface area contributed by atoms with E-state index >= 15 is 0 Å². The molecule has 0 bridgehead atoms. The second kappa shape index (κ2) is 4.71. The Bertz CT molecular complexity index is 565. The molecule has 1 heterocycles. The number of furan rings is 1. The highest BCUT2D eigenvalue weighted by Crippen LogP contribution is 2.21. The molecular formula is C12H9BrFNO2. The zero-order valence-electron chi connectivity index (χ0n) is 8.96. The van der Waals surface area contributed by atoms with Crippen molar-refractivity contribution in [1.29, 1.82) is 0 Å². The van der Waals surface area contributed by atoms with Crippen LogP contribution >= 0.6 is 15.9 Å². The maximum Gasteiger partial charge on any atom is 0.260 e. The number of carbonyl (C=O) groups is 1. The molecule has 0 saturated heterocycles. The van der Waals surface area contributed by atoms with Crippen LogP contribution in [-0.4, -0.2) is 5.91 Å². The average Bonchev–Trinajstić information content (AvgIpc) is 2.70. The van der Waals surface area contributed by atoms with Gasteiger partial charge >= 0.3 is 0 Å². The van der Waals surface area contributed by atoms with E-state index in [1.807, 2.05) is 0 Å². The van der Waals surface area contributed by atoms with Gasteiger partial charge in [0.15, 0.2) is 4.67 Å². The van der Waals surface area contributed by atoms with Crippen LogP contribution in [0.3, 0.4) is 0 Å². The Morgan fingerprint density at radius 1 is 1.41 bits per heavy atom. The van der Waals surface area contributed by atoms with Crippen LogP contribution in [0.2, 0.25) is 0 Å². The molecule has 0 atom stereocenters. The summed E-state index contributed by atoms with van der Waals surface area (Å²) >= 11 is 3.11. The summed E-state index contributed by atoms with van der Waals surface area (Å²) in [7, 11) is 0. The lowest BCUT2D eigenvalue weighted by molar-refractivity contribution is 0.102. The van der Waals surface area contributed by atoms with Crippen molar-refractivity contribution in [1.82, 2.24) is 0 Å². The number of amides is 1. The highest BCUT2D eigenvalue weighted by atomic mass is 79.9. The maximum absolute atomic E-state index is 13.0. The van der Waals surface area contributed by atoms with Gasteiger partial charge in [-0.3, -0.25) is 4.79 Å². The third-order valence-corrected chi connectivity index (χ3v) is 2.92. The van der Waals surface area contributed by atoms with Crippen molar-refractivity contribution in [3.05, 3.63) is 52.1 Å². The number of aryl methyl sites for hydroxylation is 1. The standard InChI is InChI=1S/C12H9BrFNO2/c1-7-2-3-8(14)6-10(7)15-12(16)9-4-5-17-11(9)13/h2-6H,1H3,(H,15,16). The molecule has 0 saturated carbocycles. The quantitative estimate of drug-likeness (QED) is 0.917. The molecule has 17 heavy (non-hydrogen) atoms. The van der Waals surface area contributed by atoms with Crippen LogP contribution < -0.4 is 5.32 Å². The normalized spacial score (nSPS) is 10.3. The van der Waals surface area contributed by atoms with Gasteiger partial charge in [-0.1, -0.05) is 6.07 Å². The second-order valence-electron chi connectivity index (χ2n) is 3.52. The Labute approximate surface area is 106 Å². The predicted molar refractivity (Wildman–Crippen MR) is 65.5 cm³/mol. The van der Waals surface area contributed by atoms with E-state index < -0.39 is 5.82 Å². The fraction of sp³-hybridized carbons (Fsp3) is 0.0833. The minimum Gasteiger partial charge on any atom is -0.457 e. The minimum absolute atomic E-state index is 0.348. The van der Waals surface area contributed by atoms with Crippen molar-refractivity contribution in [3.63, 3.8) is 0 Å². The van der Waals surface area contributed by atoms with Crippen LogP contribution in [0.1, 0.15) is 15.9 Å². The van der Waals surface area contributed by atoms with Crippen molar-refractivity contribution in [3.8, 4) is 0 Å². The number of nitrogens with one attached hydrogen (secondary N) is 1. The first kappa shape index (κ1) is 11.9. The fourth-order valence-corrected chi connectivity index (χ4v) is 1.79. The lowest BCUT2D eigenvalue weighted by Crippen LogP contribution is -2.12. The fourth-order valence-electron chi connectivity index (χ4n) is 1.37. The molecule has 1 aromatic heterocycles. The van der Waals surface area contributed by atoms with Crippen molar-refractivity contribution >= 4 is 27.5 Å². The van der Waals surface area contributed by atoms with E-state index in [2.05, 4.69) is 21.2 Å². The molecule has 3 nitrogen and oxygen atoms in total. The van der Waals surface area contributed by atoms with Gasteiger partial charge in [-0.15, -0.1) is 0 Å². The van der Waals surface area contributed by atoms with Crippen LogP contribution in [-0.2, 0) is 0 Å². The lowest BCUT2D eigenvalue weighted by Gasteiger charge is -2.07. The van der Waals surface area contributed by atoms with E-state index in [9.17, 15) is 9.18 Å². The van der Waals surface area contributed by atoms with Gasteiger partial charge in [0.1, 0.15) is 5.82 Å². The number of rotatable bonds is 2. The summed E-state index contributed by atoms with van der Waals surface area (Å²) in [6, 6.07) is 5.77. The van der Waals surface area contributed by atoms with E-state index in [0.717, 1.165) is 5.56 Å². The first-order valence-electron chi connectivity index (χ1n) is 4.88. The summed E-state index contributed by atoms with van der Waals surface area (Å²) in [4.78, 5) is 11.8. The van der Waals surface area contributed by atoms with Crippen LogP contribution in [0.5, 0.6) is 0 Å². The summed E-state index contributed by atoms with van der Waals surface area (Å²) in [5.41, 5.74) is 1.61. The topological polar surface area (TPSA) is 42.2 Å². The molecule has 0 radical (unpaired) electrons. The largest absolute Gasteiger partial charge is 0.457 e. The molecule has 88 valence electrons. The molecule has 1 amide bonds. The van der Waals surface area contributed by atoms with Crippen molar-refractivity contribution in [2.45, 2.75) is 6.92 Å². The van der Waals surface area contributed by atoms with Crippen LogP contribution in [0.25, 0.3) is 0 Å². The van der Waals surface area contributed by atoms with Crippen LogP contribution in [0.15, 0.2) is 39.6 Å². The van der Waals surface area contributed by atoms with Crippen molar-refractivity contribution < 1.29 is 13.6 Å². The van der Waals surface area contributed by atoms with E-state index in [1.54, 1.807) is 13.0 Å². The smallest absolute Gasteiger partial charge is 0.260 e. The molecule has 2 aromatic rings. The summed E-state index contributed by atoms with van der Waals surface area (Å²) in [5.74, 6) is -0.739. The van der Waals surface area contributed by atoms with Crippen LogP contribution in [0.4, 0.5) is 10.1 Å². The molecule has 0 aliphatic heterocycles. The van der Waals surface area contributed by atoms with Gasteiger partial charge in [0.25, 0.3) is 5.91 Å². The molecule has 1 aromatic carbocycles. The Morgan fingerprint density at radius 2 is 2.18 bits per heavy atom. The Hall–Kier alpha value is -1.62. The van der Waals surface area contributed by atoms with E-state index in [0.29, 0.717) is 15.9 Å². The zero-order chi connectivity index (χ0) is 12.4. The highest BCUT2D eigenvalue weighted by Gasteiger charge is 2.13. The SMILES string of the molecule is Cc1ccc(F)cc1NC(=O)c1ccoc1Br.